The van der Waals surface area contributed by atoms with Crippen LogP contribution in [-0.2, 0) is 0 Å². The van der Waals surface area contributed by atoms with Crippen LogP contribution >= 0.6 is 0 Å². The summed E-state index contributed by atoms with van der Waals surface area (Å²) in [5.74, 6) is -2.79. The summed E-state index contributed by atoms with van der Waals surface area (Å²) in [5.41, 5.74) is 2.79. The maximum Gasteiger partial charge on any atom is 0.152 e. The average Bonchev–Trinajstić information content (AvgIpc) is 2.33. The molecule has 0 aliphatic carbocycles. The van der Waals surface area contributed by atoms with Crippen molar-refractivity contribution in [3.05, 3.63) is 64.5 Å². The molecule has 0 saturated carbocycles. The number of aryl methyl sites for hydroxylation is 2. The van der Waals surface area contributed by atoms with E-state index in [-0.39, 0.29) is 11.7 Å². The Morgan fingerprint density at radius 1 is 0.950 bits per heavy atom. The van der Waals surface area contributed by atoms with Crippen LogP contribution < -0.4 is 5.32 Å². The Labute approximate surface area is 116 Å². The Morgan fingerprint density at radius 2 is 1.55 bits per heavy atom. The van der Waals surface area contributed by atoms with E-state index in [1.807, 2.05) is 32.0 Å². The van der Waals surface area contributed by atoms with Gasteiger partial charge in [0.15, 0.2) is 11.6 Å². The molecule has 0 aliphatic rings. The SMILES string of the molecule is Cc1ccc(C(C)Nc2c(F)cc(F)cc2F)c(C)c1. The predicted molar refractivity (Wildman–Crippen MR) is 74.3 cm³/mol. The van der Waals surface area contributed by atoms with Crippen molar-refractivity contribution < 1.29 is 13.2 Å². The van der Waals surface area contributed by atoms with Gasteiger partial charge in [0, 0.05) is 18.2 Å². The minimum atomic E-state index is -0.931. The van der Waals surface area contributed by atoms with Gasteiger partial charge in [-0.1, -0.05) is 23.8 Å². The van der Waals surface area contributed by atoms with Crippen molar-refractivity contribution in [2.24, 2.45) is 0 Å². The van der Waals surface area contributed by atoms with E-state index < -0.39 is 17.5 Å². The lowest BCUT2D eigenvalue weighted by Crippen LogP contribution is -2.11. The molecule has 0 aliphatic heterocycles. The molecule has 2 rings (SSSR count). The predicted octanol–water partition coefficient (Wildman–Crippen LogP) is 4.89. The van der Waals surface area contributed by atoms with Crippen LogP contribution in [0.2, 0.25) is 0 Å². The molecule has 106 valence electrons. The fraction of sp³-hybridized carbons (Fsp3) is 0.250. The molecule has 20 heavy (non-hydrogen) atoms. The summed E-state index contributed by atoms with van der Waals surface area (Å²) in [7, 11) is 0. The molecule has 1 N–H and O–H groups in total. The lowest BCUT2D eigenvalue weighted by molar-refractivity contribution is 0.545. The van der Waals surface area contributed by atoms with Crippen molar-refractivity contribution in [2.75, 3.05) is 5.32 Å². The number of hydrogen-bond donors (Lipinski definition) is 1. The highest BCUT2D eigenvalue weighted by Crippen LogP contribution is 2.27. The fourth-order valence-electron chi connectivity index (χ4n) is 2.29. The smallest absolute Gasteiger partial charge is 0.152 e. The van der Waals surface area contributed by atoms with Gasteiger partial charge in [-0.15, -0.1) is 0 Å². The van der Waals surface area contributed by atoms with Gasteiger partial charge < -0.3 is 5.32 Å². The van der Waals surface area contributed by atoms with Gasteiger partial charge in [-0.25, -0.2) is 13.2 Å². The third kappa shape index (κ3) is 2.95. The van der Waals surface area contributed by atoms with E-state index in [0.29, 0.717) is 12.1 Å². The fourth-order valence-corrected chi connectivity index (χ4v) is 2.29. The van der Waals surface area contributed by atoms with E-state index in [2.05, 4.69) is 5.32 Å². The Kier molecular flexibility index (Phi) is 4.02. The van der Waals surface area contributed by atoms with Crippen molar-refractivity contribution in [1.29, 1.82) is 0 Å². The van der Waals surface area contributed by atoms with E-state index in [0.717, 1.165) is 16.7 Å². The third-order valence-corrected chi connectivity index (χ3v) is 3.26. The second kappa shape index (κ2) is 5.57. The van der Waals surface area contributed by atoms with Gasteiger partial charge in [-0.2, -0.15) is 0 Å². The van der Waals surface area contributed by atoms with Gasteiger partial charge in [-0.3, -0.25) is 0 Å². The molecule has 0 aromatic heterocycles. The number of benzene rings is 2. The zero-order chi connectivity index (χ0) is 14.9. The molecule has 2 aromatic carbocycles. The largest absolute Gasteiger partial charge is 0.374 e. The van der Waals surface area contributed by atoms with Crippen LogP contribution in [0.1, 0.15) is 29.7 Å². The molecule has 0 radical (unpaired) electrons. The third-order valence-electron chi connectivity index (χ3n) is 3.26. The topological polar surface area (TPSA) is 12.0 Å². The van der Waals surface area contributed by atoms with Crippen LogP contribution in [0.15, 0.2) is 30.3 Å². The minimum Gasteiger partial charge on any atom is -0.374 e. The van der Waals surface area contributed by atoms with Crippen LogP contribution in [-0.4, -0.2) is 0 Å². The summed E-state index contributed by atoms with van der Waals surface area (Å²) in [6.07, 6.45) is 0. The molecule has 4 heteroatoms. The lowest BCUT2D eigenvalue weighted by Gasteiger charge is -2.19. The summed E-state index contributed by atoms with van der Waals surface area (Å²) in [5, 5.41) is 2.77. The summed E-state index contributed by atoms with van der Waals surface area (Å²) >= 11 is 0. The first-order valence-corrected chi connectivity index (χ1v) is 6.36. The summed E-state index contributed by atoms with van der Waals surface area (Å²) in [4.78, 5) is 0. The maximum absolute atomic E-state index is 13.6. The molecule has 0 fully saturated rings. The molecule has 0 bridgehead atoms. The quantitative estimate of drug-likeness (QED) is 0.843. The zero-order valence-corrected chi connectivity index (χ0v) is 11.6. The first-order chi connectivity index (χ1) is 9.38. The van der Waals surface area contributed by atoms with Crippen LogP contribution in [0, 0.1) is 31.3 Å². The number of anilines is 1. The van der Waals surface area contributed by atoms with Gasteiger partial charge in [0.2, 0.25) is 0 Å². The first-order valence-electron chi connectivity index (χ1n) is 6.36. The van der Waals surface area contributed by atoms with Crippen LogP contribution in [0.4, 0.5) is 18.9 Å². The highest BCUT2D eigenvalue weighted by atomic mass is 19.1. The van der Waals surface area contributed by atoms with Gasteiger partial charge in [-0.05, 0) is 31.9 Å². The van der Waals surface area contributed by atoms with Crippen molar-refractivity contribution in [3.8, 4) is 0 Å². The van der Waals surface area contributed by atoms with Gasteiger partial charge >= 0.3 is 0 Å². The molecule has 2 aromatic rings. The second-order valence-corrected chi connectivity index (χ2v) is 4.97. The highest BCUT2D eigenvalue weighted by Gasteiger charge is 2.15. The molecule has 1 nitrogen and oxygen atoms in total. The van der Waals surface area contributed by atoms with E-state index >= 15 is 0 Å². The van der Waals surface area contributed by atoms with E-state index in [1.165, 1.54) is 0 Å². The normalized spacial score (nSPS) is 12.3. The molecule has 0 amide bonds. The van der Waals surface area contributed by atoms with Crippen LogP contribution in [0.25, 0.3) is 0 Å². The molecular weight excluding hydrogens is 263 g/mol. The standard InChI is InChI=1S/C16H16F3N/c1-9-4-5-13(10(2)6-9)11(3)20-16-14(18)7-12(17)8-15(16)19/h4-8,11,20H,1-3H3. The Balaban J connectivity index is 2.30. The van der Waals surface area contributed by atoms with Gasteiger partial charge in [0.05, 0.1) is 0 Å². The van der Waals surface area contributed by atoms with E-state index in [9.17, 15) is 13.2 Å². The number of rotatable bonds is 3. The molecule has 1 atom stereocenters. The lowest BCUT2D eigenvalue weighted by atomic mass is 10.00. The Hall–Kier alpha value is -1.97. The zero-order valence-electron chi connectivity index (χ0n) is 11.6. The van der Waals surface area contributed by atoms with Gasteiger partial charge in [0.1, 0.15) is 11.5 Å². The average molecular weight is 279 g/mol. The Bertz CT molecular complexity index is 615. The summed E-state index contributed by atoms with van der Waals surface area (Å²) < 4.78 is 40.1. The van der Waals surface area contributed by atoms with Crippen LogP contribution in [0.5, 0.6) is 0 Å². The van der Waals surface area contributed by atoms with Crippen molar-refractivity contribution in [3.63, 3.8) is 0 Å². The number of nitrogens with one attached hydrogen (secondary N) is 1. The van der Waals surface area contributed by atoms with E-state index in [1.54, 1.807) is 6.92 Å². The van der Waals surface area contributed by atoms with Crippen molar-refractivity contribution >= 4 is 5.69 Å². The van der Waals surface area contributed by atoms with Crippen molar-refractivity contribution in [1.82, 2.24) is 0 Å². The maximum atomic E-state index is 13.6. The molecule has 0 heterocycles. The minimum absolute atomic E-state index is 0.287. The molecule has 0 saturated heterocycles. The Morgan fingerprint density at radius 3 is 2.10 bits per heavy atom. The summed E-state index contributed by atoms with van der Waals surface area (Å²) in [6, 6.07) is 6.91. The van der Waals surface area contributed by atoms with Gasteiger partial charge in [0.25, 0.3) is 0 Å². The molecular formula is C16H16F3N. The van der Waals surface area contributed by atoms with E-state index in [4.69, 9.17) is 0 Å². The molecule has 1 unspecified atom stereocenters. The summed E-state index contributed by atoms with van der Waals surface area (Å²) in [6.45, 7) is 5.73. The first kappa shape index (κ1) is 14.4. The highest BCUT2D eigenvalue weighted by molar-refractivity contribution is 5.49. The van der Waals surface area contributed by atoms with Crippen LogP contribution in [0.3, 0.4) is 0 Å². The molecule has 0 spiro atoms. The number of hydrogen-bond acceptors (Lipinski definition) is 1. The monoisotopic (exact) mass is 279 g/mol. The van der Waals surface area contributed by atoms with Crippen molar-refractivity contribution in [2.45, 2.75) is 26.8 Å². The number of halogens is 3. The second-order valence-electron chi connectivity index (χ2n) is 4.97.